The van der Waals surface area contributed by atoms with Gasteiger partial charge in [-0.1, -0.05) is 13.3 Å². The number of hydrogen-bond acceptors (Lipinski definition) is 3. The van der Waals surface area contributed by atoms with E-state index >= 15 is 0 Å². The predicted octanol–water partition coefficient (Wildman–Crippen LogP) is 2.38. The lowest BCUT2D eigenvalue weighted by Gasteiger charge is -2.31. The second kappa shape index (κ2) is 9.00. The van der Waals surface area contributed by atoms with E-state index in [-0.39, 0.29) is 31.3 Å². The van der Waals surface area contributed by atoms with Crippen LogP contribution >= 0.6 is 0 Å². The molecule has 3 unspecified atom stereocenters. The van der Waals surface area contributed by atoms with Crippen molar-refractivity contribution in [3.05, 3.63) is 0 Å². The van der Waals surface area contributed by atoms with Crippen LogP contribution in [0.15, 0.2) is 4.99 Å². The first-order chi connectivity index (χ1) is 13.1. The minimum absolute atomic E-state index is 0.0439. The first-order valence-electron chi connectivity index (χ1n) is 9.78. The van der Waals surface area contributed by atoms with E-state index in [1.807, 2.05) is 6.92 Å². The Morgan fingerprint density at radius 1 is 1.36 bits per heavy atom. The van der Waals surface area contributed by atoms with Crippen LogP contribution in [0, 0.1) is 5.92 Å². The summed E-state index contributed by atoms with van der Waals surface area (Å²) in [5, 5.41) is 8.80. The van der Waals surface area contributed by atoms with Crippen LogP contribution in [0.3, 0.4) is 0 Å². The maximum Gasteiger partial charge on any atom is 0.391 e. The summed E-state index contributed by atoms with van der Waals surface area (Å²) < 4.78 is 38.8. The van der Waals surface area contributed by atoms with E-state index < -0.39 is 23.7 Å². The normalized spacial score (nSPS) is 29.1. The molecular formula is C18H30F3N5O2. The second-order valence-corrected chi connectivity index (χ2v) is 7.67. The average molecular weight is 405 g/mol. The minimum atomic E-state index is -4.16. The van der Waals surface area contributed by atoms with Gasteiger partial charge in [0.25, 0.3) is 5.91 Å². The number of imide groups is 1. The molecule has 3 N–H and O–H groups in total. The largest absolute Gasteiger partial charge is 0.391 e. The Labute approximate surface area is 163 Å². The van der Waals surface area contributed by atoms with E-state index in [1.54, 1.807) is 14.0 Å². The Kier molecular flexibility index (Phi) is 7.16. The third-order valence-electron chi connectivity index (χ3n) is 5.60. The van der Waals surface area contributed by atoms with Gasteiger partial charge >= 0.3 is 12.2 Å². The van der Waals surface area contributed by atoms with Gasteiger partial charge in [0.2, 0.25) is 0 Å². The highest BCUT2D eigenvalue weighted by molar-refractivity contribution is 6.06. The van der Waals surface area contributed by atoms with Crippen LogP contribution in [0.1, 0.15) is 52.4 Å². The zero-order valence-electron chi connectivity index (χ0n) is 16.7. The number of nitrogens with zero attached hydrogens (tertiary/aromatic N) is 2. The summed E-state index contributed by atoms with van der Waals surface area (Å²) in [6, 6.07) is -0.667. The molecule has 28 heavy (non-hydrogen) atoms. The van der Waals surface area contributed by atoms with Gasteiger partial charge in [-0.05, 0) is 39.0 Å². The van der Waals surface area contributed by atoms with E-state index in [0.717, 1.165) is 0 Å². The first kappa shape index (κ1) is 22.3. The topological polar surface area (TPSA) is 85.8 Å². The minimum Gasteiger partial charge on any atom is -0.356 e. The summed E-state index contributed by atoms with van der Waals surface area (Å²) in [5.41, 5.74) is -0.849. The molecule has 0 aromatic carbocycles. The molecule has 160 valence electrons. The molecule has 0 aromatic rings. The summed E-state index contributed by atoms with van der Waals surface area (Å²) in [7, 11) is 1.56. The lowest BCUT2D eigenvalue weighted by atomic mass is 9.85. The zero-order valence-corrected chi connectivity index (χ0v) is 16.7. The van der Waals surface area contributed by atoms with Gasteiger partial charge in [-0.25, -0.2) is 4.79 Å². The summed E-state index contributed by atoms with van der Waals surface area (Å²) in [6.07, 6.45) is -1.71. The molecule has 10 heteroatoms. The third kappa shape index (κ3) is 5.29. The van der Waals surface area contributed by atoms with Crippen molar-refractivity contribution in [2.45, 2.75) is 70.1 Å². The molecule has 3 amide bonds. The Balaban J connectivity index is 1.76. The van der Waals surface area contributed by atoms with E-state index in [9.17, 15) is 22.8 Å². The highest BCUT2D eigenvalue weighted by atomic mass is 19.4. The molecule has 0 spiro atoms. The summed E-state index contributed by atoms with van der Waals surface area (Å²) >= 11 is 0. The summed E-state index contributed by atoms with van der Waals surface area (Å²) in [6.45, 7) is 4.25. The molecule has 1 aliphatic heterocycles. The van der Waals surface area contributed by atoms with Crippen molar-refractivity contribution in [2.24, 2.45) is 10.9 Å². The maximum absolute atomic E-state index is 12.9. The molecular weight excluding hydrogens is 375 g/mol. The molecule has 1 aliphatic carbocycles. The lowest BCUT2D eigenvalue weighted by Crippen LogP contribution is -2.47. The fourth-order valence-electron chi connectivity index (χ4n) is 3.64. The fraction of sp³-hybridized carbons (Fsp3) is 0.833. The van der Waals surface area contributed by atoms with Gasteiger partial charge < -0.3 is 16.0 Å². The van der Waals surface area contributed by atoms with Crippen molar-refractivity contribution in [3.63, 3.8) is 0 Å². The van der Waals surface area contributed by atoms with E-state index in [4.69, 9.17) is 0 Å². The Morgan fingerprint density at radius 3 is 2.64 bits per heavy atom. The van der Waals surface area contributed by atoms with Crippen molar-refractivity contribution in [2.75, 3.05) is 20.1 Å². The number of alkyl halides is 3. The number of hydrogen-bond donors (Lipinski definition) is 3. The number of carbonyl (C=O) groups is 2. The van der Waals surface area contributed by atoms with Gasteiger partial charge in [0.1, 0.15) is 5.54 Å². The van der Waals surface area contributed by atoms with Gasteiger partial charge in [0.15, 0.2) is 5.96 Å². The molecule has 0 aromatic heterocycles. The van der Waals surface area contributed by atoms with Crippen LogP contribution in [-0.2, 0) is 4.79 Å². The van der Waals surface area contributed by atoms with Gasteiger partial charge in [-0.15, -0.1) is 0 Å². The lowest BCUT2D eigenvalue weighted by molar-refractivity contribution is -0.183. The number of urea groups is 1. The molecule has 3 atom stereocenters. The molecule has 1 saturated carbocycles. The first-order valence-corrected chi connectivity index (χ1v) is 9.78. The molecule has 1 heterocycles. The number of aliphatic imine (C=N–C) groups is 1. The highest BCUT2D eigenvalue weighted by Crippen LogP contribution is 2.37. The number of halogens is 3. The van der Waals surface area contributed by atoms with Crippen molar-refractivity contribution in [1.82, 2.24) is 20.9 Å². The second-order valence-electron chi connectivity index (χ2n) is 7.67. The van der Waals surface area contributed by atoms with Gasteiger partial charge in [-0.3, -0.25) is 14.7 Å². The Morgan fingerprint density at radius 2 is 2.07 bits per heavy atom. The van der Waals surface area contributed by atoms with Crippen molar-refractivity contribution in [3.8, 4) is 0 Å². The number of rotatable bonds is 6. The Hall–Kier alpha value is -2.00. The van der Waals surface area contributed by atoms with E-state index in [2.05, 4.69) is 20.9 Å². The van der Waals surface area contributed by atoms with E-state index in [1.165, 1.54) is 4.90 Å². The molecule has 0 radical (unpaired) electrons. The average Bonchev–Trinajstić information content (AvgIpc) is 2.87. The van der Waals surface area contributed by atoms with Crippen LogP contribution in [0.25, 0.3) is 0 Å². The van der Waals surface area contributed by atoms with Gasteiger partial charge in [0.05, 0.1) is 5.92 Å². The Bertz CT molecular complexity index is 611. The van der Waals surface area contributed by atoms with E-state index in [0.29, 0.717) is 38.2 Å². The number of carbonyl (C=O) groups excluding carboxylic acids is 2. The summed E-state index contributed by atoms with van der Waals surface area (Å²) in [5.74, 6) is -1.07. The third-order valence-corrected chi connectivity index (χ3v) is 5.60. The van der Waals surface area contributed by atoms with Crippen LogP contribution in [0.2, 0.25) is 0 Å². The zero-order chi connectivity index (χ0) is 20.9. The monoisotopic (exact) mass is 405 g/mol. The highest BCUT2D eigenvalue weighted by Gasteiger charge is 2.46. The molecule has 2 aliphatic rings. The SMILES string of the molecule is CCC1(C)NC(=O)N(CCCNC(=NC)NC2CCCC(C(F)(F)F)C2)C1=O. The number of amides is 3. The summed E-state index contributed by atoms with van der Waals surface area (Å²) in [4.78, 5) is 29.5. The van der Waals surface area contributed by atoms with Gasteiger partial charge in [0, 0.05) is 26.2 Å². The van der Waals surface area contributed by atoms with Crippen molar-refractivity contribution in [1.29, 1.82) is 0 Å². The number of guanidine groups is 1. The van der Waals surface area contributed by atoms with Crippen molar-refractivity contribution >= 4 is 17.9 Å². The van der Waals surface area contributed by atoms with Crippen LogP contribution in [0.4, 0.5) is 18.0 Å². The molecule has 2 rings (SSSR count). The predicted molar refractivity (Wildman–Crippen MR) is 99.9 cm³/mol. The van der Waals surface area contributed by atoms with Crippen LogP contribution in [0.5, 0.6) is 0 Å². The fourth-order valence-corrected chi connectivity index (χ4v) is 3.64. The van der Waals surface area contributed by atoms with Crippen LogP contribution in [-0.4, -0.2) is 60.7 Å². The molecule has 2 fully saturated rings. The molecule has 1 saturated heterocycles. The quantitative estimate of drug-likeness (QED) is 0.274. The molecule has 7 nitrogen and oxygen atoms in total. The van der Waals surface area contributed by atoms with Gasteiger partial charge in [-0.2, -0.15) is 13.2 Å². The van der Waals surface area contributed by atoms with Crippen molar-refractivity contribution < 1.29 is 22.8 Å². The smallest absolute Gasteiger partial charge is 0.356 e. The standard InChI is InChI=1S/C18H30F3N5O2/c1-4-17(2)14(27)26(16(28)25-17)10-6-9-23-15(22-3)24-13-8-5-7-12(11-13)18(19,20)21/h12-13H,4-11H2,1-3H3,(H,25,28)(H2,22,23,24). The van der Waals surface area contributed by atoms with Crippen LogP contribution < -0.4 is 16.0 Å². The molecule has 0 bridgehead atoms. The number of nitrogens with one attached hydrogen (secondary N) is 3. The maximum atomic E-state index is 12.9.